The van der Waals surface area contributed by atoms with E-state index in [9.17, 15) is 9.59 Å². The van der Waals surface area contributed by atoms with Gasteiger partial charge in [-0.1, -0.05) is 19.1 Å². The average molecular weight is 331 g/mol. The molecule has 23 heavy (non-hydrogen) atoms. The lowest BCUT2D eigenvalue weighted by Gasteiger charge is -2.25. The minimum absolute atomic E-state index is 0.256. The Morgan fingerprint density at radius 2 is 1.91 bits per heavy atom. The molecule has 1 aromatic heterocycles. The summed E-state index contributed by atoms with van der Waals surface area (Å²) in [6.07, 6.45) is 1.07. The number of hydrogen-bond acceptors (Lipinski definition) is 4. The van der Waals surface area contributed by atoms with E-state index < -0.39 is 0 Å². The number of benzene rings is 1. The number of thioether (sulfide) groups is 1. The van der Waals surface area contributed by atoms with Gasteiger partial charge in [0.25, 0.3) is 5.56 Å². The van der Waals surface area contributed by atoms with E-state index in [0.717, 1.165) is 23.2 Å². The van der Waals surface area contributed by atoms with Gasteiger partial charge in [0.05, 0.1) is 12.2 Å². The van der Waals surface area contributed by atoms with E-state index in [-0.39, 0.29) is 11.2 Å². The number of fused-ring (bicyclic) bond motifs is 1. The van der Waals surface area contributed by atoms with Gasteiger partial charge in [-0.25, -0.2) is 4.79 Å². The summed E-state index contributed by atoms with van der Waals surface area (Å²) in [4.78, 5) is 27.6. The first-order valence-corrected chi connectivity index (χ1v) is 8.62. The molecule has 0 saturated heterocycles. The zero-order valence-electron chi connectivity index (χ0n) is 13.7. The molecular weight excluding hydrogens is 310 g/mol. The van der Waals surface area contributed by atoms with Crippen LogP contribution in [-0.2, 0) is 20.6 Å². The molecule has 0 radical (unpaired) electrons. The molecule has 1 aliphatic heterocycles. The molecule has 2 aromatic rings. The molecule has 0 spiro atoms. The fraction of sp³-hybridized carbons (Fsp3) is 0.412. The highest BCUT2D eigenvalue weighted by Crippen LogP contribution is 2.37. The van der Waals surface area contributed by atoms with E-state index in [0.29, 0.717) is 11.8 Å². The second-order valence-electron chi connectivity index (χ2n) is 5.98. The second kappa shape index (κ2) is 6.28. The molecule has 5 nitrogen and oxygen atoms in total. The highest BCUT2D eigenvalue weighted by Gasteiger charge is 2.20. The number of para-hydroxylation sites is 1. The topological polar surface area (TPSA) is 47.2 Å². The first-order chi connectivity index (χ1) is 11.0. The maximum absolute atomic E-state index is 12.1. The largest absolute Gasteiger partial charge is 0.365 e. The van der Waals surface area contributed by atoms with Crippen LogP contribution >= 0.6 is 11.8 Å². The summed E-state index contributed by atoms with van der Waals surface area (Å²) >= 11 is 1.88. The van der Waals surface area contributed by atoms with Crippen LogP contribution in [0.1, 0.15) is 19.0 Å². The molecule has 0 amide bonds. The minimum atomic E-state index is -0.279. The van der Waals surface area contributed by atoms with Crippen molar-refractivity contribution in [3.8, 4) is 0 Å². The van der Waals surface area contributed by atoms with Crippen molar-refractivity contribution >= 4 is 17.4 Å². The lowest BCUT2D eigenvalue weighted by molar-refractivity contribution is 0.627. The van der Waals surface area contributed by atoms with Gasteiger partial charge in [-0.15, -0.1) is 11.8 Å². The lowest BCUT2D eigenvalue weighted by atomic mass is 10.2. The normalized spacial score (nSPS) is 17.7. The van der Waals surface area contributed by atoms with Gasteiger partial charge in [0, 0.05) is 42.5 Å². The Morgan fingerprint density at radius 1 is 1.17 bits per heavy atom. The number of anilines is 1. The molecule has 0 bridgehead atoms. The third kappa shape index (κ3) is 3.08. The van der Waals surface area contributed by atoms with Crippen molar-refractivity contribution in [1.82, 2.24) is 9.13 Å². The first kappa shape index (κ1) is 15.9. The predicted molar refractivity (Wildman–Crippen MR) is 94.4 cm³/mol. The van der Waals surface area contributed by atoms with Gasteiger partial charge in [-0.3, -0.25) is 13.9 Å². The van der Waals surface area contributed by atoms with Crippen molar-refractivity contribution in [3.63, 3.8) is 0 Å². The Bertz CT molecular complexity index is 840. The quantitative estimate of drug-likeness (QED) is 0.844. The molecule has 3 rings (SSSR count). The van der Waals surface area contributed by atoms with Gasteiger partial charge in [0.1, 0.15) is 0 Å². The van der Waals surface area contributed by atoms with Crippen molar-refractivity contribution in [2.45, 2.75) is 30.0 Å². The van der Waals surface area contributed by atoms with E-state index in [2.05, 4.69) is 30.0 Å². The molecule has 1 aliphatic rings. The summed E-state index contributed by atoms with van der Waals surface area (Å²) in [5.41, 5.74) is 1.38. The number of rotatable bonds is 2. The fourth-order valence-electron chi connectivity index (χ4n) is 2.84. The van der Waals surface area contributed by atoms with Gasteiger partial charge >= 0.3 is 5.69 Å². The van der Waals surface area contributed by atoms with E-state index >= 15 is 0 Å². The van der Waals surface area contributed by atoms with Gasteiger partial charge in [0.15, 0.2) is 0 Å². The third-order valence-corrected chi connectivity index (χ3v) is 5.56. The molecule has 1 atom stereocenters. The van der Waals surface area contributed by atoms with Gasteiger partial charge in [0.2, 0.25) is 0 Å². The smallest absolute Gasteiger partial charge is 0.330 e. The molecule has 6 heteroatoms. The second-order valence-corrected chi connectivity index (χ2v) is 7.46. The summed E-state index contributed by atoms with van der Waals surface area (Å²) < 4.78 is 2.70. The molecule has 0 aliphatic carbocycles. The highest BCUT2D eigenvalue weighted by molar-refractivity contribution is 8.00. The first-order valence-electron chi connectivity index (χ1n) is 7.74. The molecule has 0 unspecified atom stereocenters. The summed E-state index contributed by atoms with van der Waals surface area (Å²) in [6.45, 7) is 3.71. The van der Waals surface area contributed by atoms with E-state index in [1.54, 1.807) is 17.7 Å². The zero-order valence-corrected chi connectivity index (χ0v) is 14.5. The van der Waals surface area contributed by atoms with Crippen LogP contribution in [0.3, 0.4) is 0 Å². The van der Waals surface area contributed by atoms with Crippen LogP contribution in [-0.4, -0.2) is 20.9 Å². The molecule has 0 N–H and O–H groups in total. The van der Waals surface area contributed by atoms with Crippen molar-refractivity contribution in [3.05, 3.63) is 56.9 Å². The monoisotopic (exact) mass is 331 g/mol. The van der Waals surface area contributed by atoms with E-state index in [1.807, 2.05) is 17.8 Å². The van der Waals surface area contributed by atoms with Crippen LogP contribution in [0, 0.1) is 0 Å². The van der Waals surface area contributed by atoms with Crippen LogP contribution in [0.25, 0.3) is 0 Å². The van der Waals surface area contributed by atoms with Gasteiger partial charge < -0.3 is 4.90 Å². The summed E-state index contributed by atoms with van der Waals surface area (Å²) in [5.74, 6) is 0. The van der Waals surface area contributed by atoms with Gasteiger partial charge in [-0.2, -0.15) is 0 Å². The zero-order chi connectivity index (χ0) is 16.6. The molecule has 0 fully saturated rings. The summed E-state index contributed by atoms with van der Waals surface area (Å²) in [6, 6.07) is 9.89. The Kier molecular flexibility index (Phi) is 4.35. The van der Waals surface area contributed by atoms with Crippen LogP contribution in [0.5, 0.6) is 0 Å². The summed E-state index contributed by atoms with van der Waals surface area (Å²) in [5, 5.41) is 0.550. The SMILES string of the molecule is C[C@H]1CCN(Cc2cc(=O)n(C)c(=O)n2C)c2ccccc2S1. The van der Waals surface area contributed by atoms with Crippen LogP contribution in [0.4, 0.5) is 5.69 Å². The number of aromatic nitrogens is 2. The standard InChI is InChI=1S/C17H21N3O2S/c1-12-8-9-20(14-6-4-5-7-15(14)23-12)11-13-10-16(21)19(3)17(22)18(13)2/h4-7,10,12H,8-9,11H2,1-3H3/t12-/m0/s1. The maximum atomic E-state index is 12.1. The third-order valence-electron chi connectivity index (χ3n) is 4.32. The predicted octanol–water partition coefficient (Wildman–Crippen LogP) is 1.97. The fourth-order valence-corrected chi connectivity index (χ4v) is 3.97. The minimum Gasteiger partial charge on any atom is -0.365 e. The Balaban J connectivity index is 2.01. The molecule has 1 aromatic carbocycles. The van der Waals surface area contributed by atoms with Crippen molar-refractivity contribution < 1.29 is 0 Å². The lowest BCUT2D eigenvalue weighted by Crippen LogP contribution is -2.39. The molecule has 0 saturated carbocycles. The molecular formula is C17H21N3O2S. The summed E-state index contributed by atoms with van der Waals surface area (Å²) in [7, 11) is 3.23. The molecule has 122 valence electrons. The van der Waals surface area contributed by atoms with E-state index in [4.69, 9.17) is 0 Å². The number of hydrogen-bond donors (Lipinski definition) is 0. The number of nitrogens with zero attached hydrogens (tertiary/aromatic N) is 3. The van der Waals surface area contributed by atoms with Crippen molar-refractivity contribution in [2.24, 2.45) is 14.1 Å². The molecule has 2 heterocycles. The maximum Gasteiger partial charge on any atom is 0.330 e. The van der Waals surface area contributed by atoms with E-state index in [1.165, 1.54) is 17.6 Å². The van der Waals surface area contributed by atoms with Crippen molar-refractivity contribution in [2.75, 3.05) is 11.4 Å². The van der Waals surface area contributed by atoms with Gasteiger partial charge in [-0.05, 0) is 18.6 Å². The van der Waals surface area contributed by atoms with Crippen LogP contribution in [0.15, 0.2) is 44.8 Å². The van der Waals surface area contributed by atoms with Crippen LogP contribution < -0.4 is 16.1 Å². The Morgan fingerprint density at radius 3 is 2.70 bits per heavy atom. The van der Waals surface area contributed by atoms with Crippen LogP contribution in [0.2, 0.25) is 0 Å². The Hall–Kier alpha value is -1.95. The van der Waals surface area contributed by atoms with Crippen molar-refractivity contribution in [1.29, 1.82) is 0 Å². The Labute approximate surface area is 139 Å². The highest BCUT2D eigenvalue weighted by atomic mass is 32.2. The average Bonchev–Trinajstić information content (AvgIpc) is 2.69.